The van der Waals surface area contributed by atoms with Gasteiger partial charge in [0, 0.05) is 6.54 Å². The van der Waals surface area contributed by atoms with Crippen LogP contribution in [0.5, 0.6) is 0 Å². The molecule has 9 nitrogen and oxygen atoms in total. The molecule has 0 radical (unpaired) electrons. The van der Waals surface area contributed by atoms with Gasteiger partial charge in [0.15, 0.2) is 11.5 Å². The second-order valence-corrected chi connectivity index (χ2v) is 4.42. The Kier molecular flexibility index (Phi) is 4.80. The van der Waals surface area contributed by atoms with Crippen LogP contribution in [0.3, 0.4) is 0 Å². The van der Waals surface area contributed by atoms with Crippen molar-refractivity contribution in [3.8, 4) is 11.5 Å². The summed E-state index contributed by atoms with van der Waals surface area (Å²) in [5.74, 6) is 0.422. The zero-order valence-corrected chi connectivity index (χ0v) is 11.6. The van der Waals surface area contributed by atoms with E-state index in [-0.39, 0.29) is 17.3 Å². The summed E-state index contributed by atoms with van der Waals surface area (Å²) in [6.07, 6.45) is 2.53. The van der Waals surface area contributed by atoms with Gasteiger partial charge in [-0.15, -0.1) is 0 Å². The van der Waals surface area contributed by atoms with Crippen LogP contribution in [0, 0.1) is 10.1 Å². The van der Waals surface area contributed by atoms with Crippen molar-refractivity contribution in [1.82, 2.24) is 14.9 Å². The molecule has 0 atom stereocenters. The first kappa shape index (κ1) is 14.9. The molecule has 1 N–H and O–H groups in total. The number of likely N-dealkylation sites (N-methyl/N-ethyl adjacent to an activating group) is 1. The molecule has 0 bridgehead atoms. The average molecular weight is 293 g/mol. The number of nitrogens with one attached hydrogen (secondary N) is 1. The van der Waals surface area contributed by atoms with E-state index in [2.05, 4.69) is 15.4 Å². The molecule has 2 heterocycles. The summed E-state index contributed by atoms with van der Waals surface area (Å²) >= 11 is 0. The summed E-state index contributed by atoms with van der Waals surface area (Å²) in [7, 11) is 3.83. The topological polar surface area (TPSA) is 107 Å². The van der Waals surface area contributed by atoms with Crippen LogP contribution in [0.25, 0.3) is 11.5 Å². The number of hydrogen-bond donors (Lipinski definition) is 1. The quantitative estimate of drug-likeness (QED) is 0.465. The number of anilines is 1. The highest BCUT2D eigenvalue weighted by Crippen LogP contribution is 2.28. The molecule has 0 aliphatic heterocycles. The third-order valence-electron chi connectivity index (χ3n) is 2.52. The number of hydrogen-bond acceptors (Lipinski definition) is 8. The van der Waals surface area contributed by atoms with Gasteiger partial charge in [-0.25, -0.2) is 15.4 Å². The molecule has 2 aromatic rings. The molecule has 0 aliphatic carbocycles. The lowest BCUT2D eigenvalue weighted by Gasteiger charge is -2.10. The molecule has 0 aromatic carbocycles. The first-order valence-electron chi connectivity index (χ1n) is 6.16. The summed E-state index contributed by atoms with van der Waals surface area (Å²) in [6.45, 7) is 1.13. The summed E-state index contributed by atoms with van der Waals surface area (Å²) in [4.78, 5) is 25.5. The van der Waals surface area contributed by atoms with E-state index in [1.807, 2.05) is 19.0 Å². The van der Waals surface area contributed by atoms with Crippen LogP contribution in [-0.4, -0.2) is 47.0 Å². The monoisotopic (exact) mass is 293 g/mol. The molecule has 9 heteroatoms. The number of furan rings is 1. The molecular weight excluding hydrogens is 278 g/mol. The molecule has 0 aliphatic rings. The number of nitro groups is 1. The molecule has 0 fully saturated rings. The van der Waals surface area contributed by atoms with Crippen molar-refractivity contribution in [2.75, 3.05) is 32.7 Å². The number of nitrogens with zero attached hydrogens (tertiary/aromatic N) is 4. The molecule has 112 valence electrons. The fourth-order valence-electron chi connectivity index (χ4n) is 1.50. The Balaban J connectivity index is 2.14. The van der Waals surface area contributed by atoms with Crippen LogP contribution in [0.2, 0.25) is 0 Å². The van der Waals surface area contributed by atoms with E-state index in [1.54, 1.807) is 12.1 Å². The van der Waals surface area contributed by atoms with E-state index in [0.717, 1.165) is 6.20 Å². The maximum atomic E-state index is 11.0. The van der Waals surface area contributed by atoms with Gasteiger partial charge in [0.1, 0.15) is 6.20 Å². The van der Waals surface area contributed by atoms with Gasteiger partial charge in [0.05, 0.1) is 17.8 Å². The molecular formula is C12H15N5O4. The van der Waals surface area contributed by atoms with E-state index < -0.39 is 4.92 Å². The highest BCUT2D eigenvalue weighted by molar-refractivity contribution is 5.65. The van der Waals surface area contributed by atoms with Gasteiger partial charge in [-0.1, -0.05) is 0 Å². The maximum absolute atomic E-state index is 11.0. The number of rotatable bonds is 7. The van der Waals surface area contributed by atoms with E-state index in [9.17, 15) is 10.1 Å². The van der Waals surface area contributed by atoms with Crippen molar-refractivity contribution >= 4 is 11.6 Å². The summed E-state index contributed by atoms with van der Waals surface area (Å²) in [5, 5.41) is 11.0. The van der Waals surface area contributed by atoms with Gasteiger partial charge in [0.2, 0.25) is 5.95 Å². The molecule has 0 saturated carbocycles. The minimum atomic E-state index is -0.561. The van der Waals surface area contributed by atoms with E-state index in [1.165, 1.54) is 6.26 Å². The Hall–Kier alpha value is -2.52. The van der Waals surface area contributed by atoms with Gasteiger partial charge in [-0.3, -0.25) is 15.0 Å². The minimum Gasteiger partial charge on any atom is -0.462 e. The van der Waals surface area contributed by atoms with E-state index in [4.69, 9.17) is 9.25 Å². The Bertz CT molecular complexity index is 600. The fraction of sp³-hybridized carbons (Fsp3) is 0.333. The van der Waals surface area contributed by atoms with Gasteiger partial charge in [0.25, 0.3) is 0 Å². The fourth-order valence-corrected chi connectivity index (χ4v) is 1.50. The van der Waals surface area contributed by atoms with Crippen LogP contribution in [0.4, 0.5) is 11.6 Å². The lowest BCUT2D eigenvalue weighted by Crippen LogP contribution is -2.20. The largest absolute Gasteiger partial charge is 0.462 e. The first-order valence-corrected chi connectivity index (χ1v) is 6.16. The van der Waals surface area contributed by atoms with Crippen molar-refractivity contribution in [3.05, 3.63) is 34.7 Å². The van der Waals surface area contributed by atoms with Gasteiger partial charge < -0.3 is 9.32 Å². The summed E-state index contributed by atoms with van der Waals surface area (Å²) in [5.41, 5.74) is 2.42. The SMILES string of the molecule is CN(C)CCONc1ncc([N+](=O)[O-])c(-c2ccco2)n1. The predicted molar refractivity (Wildman–Crippen MR) is 74.5 cm³/mol. The highest BCUT2D eigenvalue weighted by atomic mass is 16.6. The summed E-state index contributed by atoms with van der Waals surface area (Å²) < 4.78 is 5.15. The highest BCUT2D eigenvalue weighted by Gasteiger charge is 2.20. The first-order chi connectivity index (χ1) is 10.1. The molecule has 21 heavy (non-hydrogen) atoms. The van der Waals surface area contributed by atoms with Crippen molar-refractivity contribution in [1.29, 1.82) is 0 Å². The zero-order chi connectivity index (χ0) is 15.2. The normalized spacial score (nSPS) is 10.8. The molecule has 0 saturated heterocycles. The minimum absolute atomic E-state index is 0.0960. The predicted octanol–water partition coefficient (Wildman–Crippen LogP) is 1.55. The summed E-state index contributed by atoms with van der Waals surface area (Å²) in [6, 6.07) is 3.22. The standard InChI is InChI=1S/C12H15N5O4/c1-16(2)5-7-21-15-12-13-8-9(17(18)19)11(14-12)10-4-3-6-20-10/h3-4,6,8H,5,7H2,1-2H3,(H,13,14,15). The van der Waals surface area contributed by atoms with Crippen LogP contribution >= 0.6 is 0 Å². The Morgan fingerprint density at radius 2 is 2.33 bits per heavy atom. The average Bonchev–Trinajstić information content (AvgIpc) is 2.97. The second-order valence-electron chi connectivity index (χ2n) is 4.42. The Morgan fingerprint density at radius 1 is 1.52 bits per heavy atom. The van der Waals surface area contributed by atoms with Crippen LogP contribution in [-0.2, 0) is 4.84 Å². The third kappa shape index (κ3) is 3.97. The number of aromatic nitrogens is 2. The Morgan fingerprint density at radius 3 is 2.95 bits per heavy atom. The van der Waals surface area contributed by atoms with Crippen molar-refractivity contribution in [2.45, 2.75) is 0 Å². The molecule has 2 rings (SSSR count). The molecule has 0 unspecified atom stereocenters. The zero-order valence-electron chi connectivity index (χ0n) is 11.6. The molecule has 0 amide bonds. The maximum Gasteiger partial charge on any atom is 0.317 e. The lowest BCUT2D eigenvalue weighted by molar-refractivity contribution is -0.384. The van der Waals surface area contributed by atoms with Crippen molar-refractivity contribution in [2.24, 2.45) is 0 Å². The van der Waals surface area contributed by atoms with Crippen LogP contribution in [0.15, 0.2) is 29.0 Å². The lowest BCUT2D eigenvalue weighted by atomic mass is 10.3. The molecule has 0 spiro atoms. The third-order valence-corrected chi connectivity index (χ3v) is 2.52. The van der Waals surface area contributed by atoms with Gasteiger partial charge in [-0.05, 0) is 26.2 Å². The van der Waals surface area contributed by atoms with Crippen molar-refractivity contribution in [3.63, 3.8) is 0 Å². The van der Waals surface area contributed by atoms with Crippen LogP contribution < -0.4 is 5.48 Å². The van der Waals surface area contributed by atoms with E-state index in [0.29, 0.717) is 18.9 Å². The Labute approximate surface area is 120 Å². The van der Waals surface area contributed by atoms with Gasteiger partial charge in [-0.2, -0.15) is 0 Å². The van der Waals surface area contributed by atoms with Crippen LogP contribution in [0.1, 0.15) is 0 Å². The van der Waals surface area contributed by atoms with E-state index >= 15 is 0 Å². The molecule has 2 aromatic heterocycles. The van der Waals surface area contributed by atoms with Gasteiger partial charge >= 0.3 is 5.69 Å². The van der Waals surface area contributed by atoms with Crippen molar-refractivity contribution < 1.29 is 14.2 Å². The second kappa shape index (κ2) is 6.77. The smallest absolute Gasteiger partial charge is 0.317 e.